The van der Waals surface area contributed by atoms with Crippen molar-refractivity contribution in [2.45, 2.75) is 32.7 Å². The van der Waals surface area contributed by atoms with Crippen LogP contribution in [-0.4, -0.2) is 19.9 Å². The summed E-state index contributed by atoms with van der Waals surface area (Å²) in [4.78, 5) is 0. The lowest BCUT2D eigenvalue weighted by Gasteiger charge is -2.18. The van der Waals surface area contributed by atoms with Crippen molar-refractivity contribution < 1.29 is 8.42 Å². The van der Waals surface area contributed by atoms with Gasteiger partial charge >= 0.3 is 0 Å². The van der Waals surface area contributed by atoms with Gasteiger partial charge in [0.05, 0.1) is 5.75 Å². The van der Waals surface area contributed by atoms with E-state index in [1.165, 1.54) is 0 Å². The highest BCUT2D eigenvalue weighted by Crippen LogP contribution is 2.27. The molecule has 19 heavy (non-hydrogen) atoms. The molecule has 0 saturated carbocycles. The number of hydrogen-bond acceptors (Lipinski definition) is 4. The lowest BCUT2D eigenvalue weighted by atomic mass is 10.0. The highest BCUT2D eigenvalue weighted by Gasteiger charge is 2.15. The Kier molecular flexibility index (Phi) is 6.46. The van der Waals surface area contributed by atoms with E-state index in [9.17, 15) is 8.42 Å². The largest absolute Gasteiger partial charge is 0.271 e. The second-order valence-electron chi connectivity index (χ2n) is 4.62. The first kappa shape index (κ1) is 16.6. The van der Waals surface area contributed by atoms with Crippen molar-refractivity contribution in [3.8, 4) is 0 Å². The molecule has 6 heteroatoms. The molecule has 0 aliphatic carbocycles. The van der Waals surface area contributed by atoms with Gasteiger partial charge in [0.25, 0.3) is 0 Å². The monoisotopic (exact) mass is 348 g/mol. The first-order chi connectivity index (χ1) is 8.89. The number of nitrogens with one attached hydrogen (secondary N) is 1. The number of sulfone groups is 1. The van der Waals surface area contributed by atoms with Crippen LogP contribution in [0.5, 0.6) is 0 Å². The minimum Gasteiger partial charge on any atom is -0.271 e. The van der Waals surface area contributed by atoms with E-state index in [0.717, 1.165) is 15.6 Å². The fraction of sp³-hybridized carbons (Fsp3) is 0.538. The summed E-state index contributed by atoms with van der Waals surface area (Å²) in [6, 6.07) is 6.02. The van der Waals surface area contributed by atoms with Crippen molar-refractivity contribution in [1.29, 1.82) is 0 Å². The van der Waals surface area contributed by atoms with Gasteiger partial charge in [-0.1, -0.05) is 40.5 Å². The van der Waals surface area contributed by atoms with E-state index in [4.69, 9.17) is 5.84 Å². The smallest absolute Gasteiger partial charge is 0.150 e. The van der Waals surface area contributed by atoms with Crippen molar-refractivity contribution in [2.24, 2.45) is 5.84 Å². The van der Waals surface area contributed by atoms with E-state index >= 15 is 0 Å². The maximum Gasteiger partial charge on any atom is 0.150 e. The van der Waals surface area contributed by atoms with Gasteiger partial charge in [-0.25, -0.2) is 8.42 Å². The Bertz CT molecular complexity index is 517. The molecule has 1 atom stereocenters. The average Bonchev–Trinajstić information content (AvgIpc) is 2.38. The topological polar surface area (TPSA) is 72.2 Å². The van der Waals surface area contributed by atoms with Crippen LogP contribution in [0.2, 0.25) is 0 Å². The maximum absolute atomic E-state index is 11.5. The van der Waals surface area contributed by atoms with Crippen LogP contribution in [0.25, 0.3) is 0 Å². The summed E-state index contributed by atoms with van der Waals surface area (Å²) in [7, 11) is -2.90. The zero-order valence-corrected chi connectivity index (χ0v) is 13.7. The van der Waals surface area contributed by atoms with E-state index in [2.05, 4.69) is 27.4 Å². The SMILES string of the molecule is CCS(=O)(=O)CCCC(NN)c1cc(C)ccc1Br. The van der Waals surface area contributed by atoms with Crippen LogP contribution < -0.4 is 11.3 Å². The molecule has 3 N–H and O–H groups in total. The molecule has 1 aromatic rings. The van der Waals surface area contributed by atoms with Gasteiger partial charge in [-0.05, 0) is 31.4 Å². The van der Waals surface area contributed by atoms with Crippen LogP contribution in [0.4, 0.5) is 0 Å². The predicted molar refractivity (Wildman–Crippen MR) is 82.5 cm³/mol. The zero-order chi connectivity index (χ0) is 14.5. The summed E-state index contributed by atoms with van der Waals surface area (Å²) in [5, 5.41) is 0. The van der Waals surface area contributed by atoms with Gasteiger partial charge in [-0.3, -0.25) is 11.3 Å². The number of hydrogen-bond donors (Lipinski definition) is 2. The van der Waals surface area contributed by atoms with Crippen molar-refractivity contribution in [3.05, 3.63) is 33.8 Å². The van der Waals surface area contributed by atoms with E-state index in [-0.39, 0.29) is 17.5 Å². The second kappa shape index (κ2) is 7.38. The van der Waals surface area contributed by atoms with Crippen molar-refractivity contribution in [1.82, 2.24) is 5.43 Å². The van der Waals surface area contributed by atoms with Gasteiger partial charge < -0.3 is 0 Å². The first-order valence-corrected chi connectivity index (χ1v) is 8.93. The fourth-order valence-corrected chi connectivity index (χ4v) is 3.33. The average molecular weight is 349 g/mol. The van der Waals surface area contributed by atoms with E-state index in [1.54, 1.807) is 6.92 Å². The third kappa shape index (κ3) is 5.22. The fourth-order valence-electron chi connectivity index (χ4n) is 1.91. The van der Waals surface area contributed by atoms with Crippen molar-refractivity contribution >= 4 is 25.8 Å². The van der Waals surface area contributed by atoms with Crippen LogP contribution in [-0.2, 0) is 9.84 Å². The Morgan fingerprint density at radius 2 is 2.11 bits per heavy atom. The Morgan fingerprint density at radius 3 is 2.68 bits per heavy atom. The summed E-state index contributed by atoms with van der Waals surface area (Å²) < 4.78 is 23.9. The van der Waals surface area contributed by atoms with Crippen LogP contribution in [0, 0.1) is 6.92 Å². The molecule has 0 heterocycles. The molecule has 1 rings (SSSR count). The van der Waals surface area contributed by atoms with E-state index < -0.39 is 9.84 Å². The third-order valence-corrected chi connectivity index (χ3v) is 5.63. The summed E-state index contributed by atoms with van der Waals surface area (Å²) >= 11 is 3.50. The highest BCUT2D eigenvalue weighted by atomic mass is 79.9. The maximum atomic E-state index is 11.5. The molecular formula is C13H21BrN2O2S. The van der Waals surface area contributed by atoms with Gasteiger partial charge in [-0.15, -0.1) is 0 Å². The molecule has 4 nitrogen and oxygen atoms in total. The summed E-state index contributed by atoms with van der Waals surface area (Å²) in [5.41, 5.74) is 4.98. The molecule has 1 aromatic carbocycles. The van der Waals surface area contributed by atoms with Gasteiger partial charge in [-0.2, -0.15) is 0 Å². The molecule has 0 aromatic heterocycles. The minimum atomic E-state index is -2.90. The van der Waals surface area contributed by atoms with Gasteiger partial charge in [0.2, 0.25) is 0 Å². The number of aryl methyl sites for hydroxylation is 1. The number of halogens is 1. The molecule has 0 aliphatic rings. The lowest BCUT2D eigenvalue weighted by molar-refractivity contribution is 0.505. The molecule has 0 amide bonds. The van der Waals surface area contributed by atoms with Crippen LogP contribution in [0.3, 0.4) is 0 Å². The predicted octanol–water partition coefficient (Wildman–Crippen LogP) is 2.48. The van der Waals surface area contributed by atoms with Gasteiger partial charge in [0.1, 0.15) is 9.84 Å². The zero-order valence-electron chi connectivity index (χ0n) is 11.3. The van der Waals surface area contributed by atoms with E-state index in [1.807, 2.05) is 19.1 Å². The molecule has 0 saturated heterocycles. The van der Waals surface area contributed by atoms with Crippen LogP contribution in [0.15, 0.2) is 22.7 Å². The Balaban J connectivity index is 2.71. The summed E-state index contributed by atoms with van der Waals surface area (Å²) in [6.07, 6.45) is 1.29. The molecule has 0 aliphatic heterocycles. The number of nitrogens with two attached hydrogens (primary N) is 1. The normalized spacial score (nSPS) is 13.5. The number of benzene rings is 1. The Labute approximate surface area is 123 Å². The van der Waals surface area contributed by atoms with E-state index in [0.29, 0.717) is 12.8 Å². The molecule has 0 spiro atoms. The van der Waals surface area contributed by atoms with Gasteiger partial charge in [0.15, 0.2) is 0 Å². The van der Waals surface area contributed by atoms with Crippen molar-refractivity contribution in [3.63, 3.8) is 0 Å². The molecule has 108 valence electrons. The highest BCUT2D eigenvalue weighted by molar-refractivity contribution is 9.10. The van der Waals surface area contributed by atoms with Crippen LogP contribution >= 0.6 is 15.9 Å². The van der Waals surface area contributed by atoms with Gasteiger partial charge in [0, 0.05) is 16.3 Å². The minimum absolute atomic E-state index is 0.0404. The number of rotatable bonds is 7. The quantitative estimate of drug-likeness (QED) is 0.586. The molecule has 0 fully saturated rings. The standard InChI is InChI=1S/C13H21BrN2O2S/c1-3-19(17,18)8-4-5-13(16-15)11-9-10(2)6-7-12(11)14/h6-7,9,13,16H,3-5,8,15H2,1-2H3. The molecule has 1 unspecified atom stereocenters. The second-order valence-corrected chi connectivity index (χ2v) is 7.95. The number of hydrazine groups is 1. The summed E-state index contributed by atoms with van der Waals surface area (Å²) in [5.74, 6) is 6.00. The summed E-state index contributed by atoms with van der Waals surface area (Å²) in [6.45, 7) is 3.69. The third-order valence-electron chi connectivity index (χ3n) is 3.12. The molecule has 0 bridgehead atoms. The molecule has 0 radical (unpaired) electrons. The Hall–Kier alpha value is -0.430. The lowest BCUT2D eigenvalue weighted by Crippen LogP contribution is -2.28. The van der Waals surface area contributed by atoms with Crippen molar-refractivity contribution in [2.75, 3.05) is 11.5 Å². The Morgan fingerprint density at radius 1 is 1.42 bits per heavy atom. The molecular weight excluding hydrogens is 328 g/mol. The van der Waals surface area contributed by atoms with Crippen LogP contribution in [0.1, 0.15) is 36.9 Å². The first-order valence-electron chi connectivity index (χ1n) is 6.32.